The molecule has 5 nitrogen and oxygen atoms in total. The molecule has 0 spiro atoms. The third-order valence-corrected chi connectivity index (χ3v) is 3.98. The van der Waals surface area contributed by atoms with Crippen LogP contribution in [-0.2, 0) is 21.5 Å². The minimum Gasteiger partial charge on any atom is -0.493 e. The van der Waals surface area contributed by atoms with Crippen molar-refractivity contribution in [3.63, 3.8) is 0 Å². The Morgan fingerprint density at radius 2 is 1.70 bits per heavy atom. The lowest BCUT2D eigenvalue weighted by Gasteiger charge is -2.18. The van der Waals surface area contributed by atoms with Gasteiger partial charge in [-0.15, -0.1) is 0 Å². The maximum absolute atomic E-state index is 10.6. The van der Waals surface area contributed by atoms with Crippen LogP contribution in [-0.4, -0.2) is 30.5 Å². The highest BCUT2D eigenvalue weighted by Crippen LogP contribution is 2.21. The van der Waals surface area contributed by atoms with Crippen LogP contribution in [0.25, 0.3) is 0 Å². The molecule has 0 atom stereocenters. The fraction of sp³-hybridized carbons (Fsp3) is 0.364. The van der Waals surface area contributed by atoms with Gasteiger partial charge in [-0.3, -0.25) is 4.79 Å². The summed E-state index contributed by atoms with van der Waals surface area (Å²) < 4.78 is 5.60. The number of carbonyl (C=O) groups is 1. The van der Waals surface area contributed by atoms with E-state index in [1.807, 2.05) is 12.1 Å². The van der Waals surface area contributed by atoms with E-state index in [2.05, 4.69) is 38.1 Å². The number of benzene rings is 2. The van der Waals surface area contributed by atoms with Gasteiger partial charge in [0.25, 0.3) is 0 Å². The van der Waals surface area contributed by atoms with Gasteiger partial charge in [0.2, 0.25) is 0 Å². The van der Waals surface area contributed by atoms with E-state index in [0.29, 0.717) is 25.4 Å². The third-order valence-electron chi connectivity index (χ3n) is 3.98. The molecule has 0 saturated heterocycles. The molecule has 0 aromatic heterocycles. The van der Waals surface area contributed by atoms with Gasteiger partial charge in [-0.05, 0) is 34.2 Å². The lowest BCUT2D eigenvalue weighted by Crippen LogP contribution is -2.10. The zero-order chi connectivity index (χ0) is 19.7. The molecular formula is C22H27NO4. The molecule has 2 aromatic rings. The molecule has 0 bridgehead atoms. The number of nitrogens with zero attached hydrogens (tertiary/aromatic N) is 1. The molecule has 2 aromatic carbocycles. The monoisotopic (exact) mass is 369 g/mol. The second kappa shape index (κ2) is 9.76. The van der Waals surface area contributed by atoms with Crippen LogP contribution in [0.2, 0.25) is 0 Å². The van der Waals surface area contributed by atoms with Crippen molar-refractivity contribution >= 4 is 12.2 Å². The minimum absolute atomic E-state index is 0.0189. The number of rotatable bonds is 9. The SMILES string of the molecule is CC(C)(C)c1ccc(C=NOCCCOc2ccc(CC(=O)O)cc2)cc1. The van der Waals surface area contributed by atoms with Gasteiger partial charge in [0.15, 0.2) is 0 Å². The van der Waals surface area contributed by atoms with Crippen LogP contribution in [0.5, 0.6) is 5.75 Å². The molecule has 0 amide bonds. The van der Waals surface area contributed by atoms with Crippen molar-refractivity contribution in [2.24, 2.45) is 5.16 Å². The molecule has 5 heteroatoms. The van der Waals surface area contributed by atoms with Gasteiger partial charge in [0.1, 0.15) is 12.4 Å². The van der Waals surface area contributed by atoms with Crippen LogP contribution in [0.1, 0.15) is 43.9 Å². The highest BCUT2D eigenvalue weighted by Gasteiger charge is 2.12. The third kappa shape index (κ3) is 7.52. The number of ether oxygens (including phenoxy) is 1. The zero-order valence-corrected chi connectivity index (χ0v) is 16.1. The first-order valence-electron chi connectivity index (χ1n) is 9.04. The van der Waals surface area contributed by atoms with Crippen LogP contribution in [0, 0.1) is 0 Å². The Balaban J connectivity index is 1.64. The van der Waals surface area contributed by atoms with Gasteiger partial charge in [0, 0.05) is 6.42 Å². The zero-order valence-electron chi connectivity index (χ0n) is 16.1. The minimum atomic E-state index is -0.841. The number of aliphatic carboxylic acids is 1. The molecule has 0 saturated carbocycles. The van der Waals surface area contributed by atoms with Crippen molar-refractivity contribution < 1.29 is 19.5 Å². The van der Waals surface area contributed by atoms with E-state index in [1.54, 1.807) is 30.5 Å². The molecule has 0 fully saturated rings. The number of carboxylic acids is 1. The summed E-state index contributed by atoms with van der Waals surface area (Å²) in [5.74, 6) is -0.127. The Morgan fingerprint density at radius 3 is 2.30 bits per heavy atom. The molecule has 0 unspecified atom stereocenters. The maximum atomic E-state index is 10.6. The summed E-state index contributed by atoms with van der Waals surface area (Å²) in [6, 6.07) is 15.4. The van der Waals surface area contributed by atoms with Crippen molar-refractivity contribution in [2.75, 3.05) is 13.2 Å². The largest absolute Gasteiger partial charge is 0.493 e. The highest BCUT2D eigenvalue weighted by atomic mass is 16.6. The van der Waals surface area contributed by atoms with Crippen molar-refractivity contribution in [1.82, 2.24) is 0 Å². The van der Waals surface area contributed by atoms with E-state index in [9.17, 15) is 4.79 Å². The predicted octanol–water partition coefficient (Wildman–Crippen LogP) is 4.43. The second-order valence-electron chi connectivity index (χ2n) is 7.36. The Kier molecular flexibility index (Phi) is 7.41. The van der Waals surface area contributed by atoms with Crippen LogP contribution >= 0.6 is 0 Å². The molecule has 0 radical (unpaired) electrons. The average molecular weight is 369 g/mol. The first-order valence-corrected chi connectivity index (χ1v) is 9.04. The second-order valence-corrected chi connectivity index (χ2v) is 7.36. The summed E-state index contributed by atoms with van der Waals surface area (Å²) in [5.41, 5.74) is 3.18. The van der Waals surface area contributed by atoms with Gasteiger partial charge in [-0.1, -0.05) is 62.3 Å². The van der Waals surface area contributed by atoms with Gasteiger partial charge < -0.3 is 14.7 Å². The molecular weight excluding hydrogens is 342 g/mol. The molecule has 27 heavy (non-hydrogen) atoms. The summed E-state index contributed by atoms with van der Waals surface area (Å²) in [5, 5.41) is 12.7. The van der Waals surface area contributed by atoms with Crippen molar-refractivity contribution in [2.45, 2.75) is 39.0 Å². The van der Waals surface area contributed by atoms with Crippen LogP contribution < -0.4 is 4.74 Å². The van der Waals surface area contributed by atoms with Gasteiger partial charge in [0.05, 0.1) is 19.2 Å². The van der Waals surface area contributed by atoms with Crippen LogP contribution in [0.15, 0.2) is 53.7 Å². The predicted molar refractivity (Wildman–Crippen MR) is 107 cm³/mol. The van der Waals surface area contributed by atoms with E-state index in [4.69, 9.17) is 14.7 Å². The smallest absolute Gasteiger partial charge is 0.307 e. The summed E-state index contributed by atoms with van der Waals surface area (Å²) in [6.07, 6.45) is 2.43. The fourth-order valence-corrected chi connectivity index (χ4v) is 2.41. The van der Waals surface area contributed by atoms with E-state index in [1.165, 1.54) is 5.56 Å². The maximum Gasteiger partial charge on any atom is 0.307 e. The first kappa shape index (κ1) is 20.5. The van der Waals surface area contributed by atoms with Crippen LogP contribution in [0.3, 0.4) is 0 Å². The van der Waals surface area contributed by atoms with E-state index in [0.717, 1.165) is 11.1 Å². The molecule has 1 N–H and O–H groups in total. The summed E-state index contributed by atoms with van der Waals surface area (Å²) in [7, 11) is 0. The molecule has 144 valence electrons. The Morgan fingerprint density at radius 1 is 1.04 bits per heavy atom. The lowest BCUT2D eigenvalue weighted by atomic mass is 9.87. The standard InChI is InChI=1S/C22H27NO4/c1-22(2,3)19-9-5-18(6-10-19)16-23-27-14-4-13-26-20-11-7-17(8-12-20)15-21(24)25/h5-12,16H,4,13-15H2,1-3H3,(H,24,25). The van der Waals surface area contributed by atoms with E-state index >= 15 is 0 Å². The Hall–Kier alpha value is -2.82. The summed E-state index contributed by atoms with van der Waals surface area (Å²) >= 11 is 0. The first-order chi connectivity index (χ1) is 12.8. The Bertz CT molecular complexity index is 743. The summed E-state index contributed by atoms with van der Waals surface area (Å²) in [4.78, 5) is 15.9. The van der Waals surface area contributed by atoms with Crippen molar-refractivity contribution in [1.29, 1.82) is 0 Å². The quantitative estimate of drug-likeness (QED) is 0.403. The van der Waals surface area contributed by atoms with Crippen molar-refractivity contribution in [3.8, 4) is 5.75 Å². The molecule has 0 aliphatic rings. The molecule has 0 aliphatic heterocycles. The number of hydrogen-bond acceptors (Lipinski definition) is 4. The molecule has 0 heterocycles. The molecule has 0 aliphatic carbocycles. The average Bonchev–Trinajstić information content (AvgIpc) is 2.61. The lowest BCUT2D eigenvalue weighted by molar-refractivity contribution is -0.136. The Labute approximate surface area is 160 Å². The van der Waals surface area contributed by atoms with Gasteiger partial charge >= 0.3 is 5.97 Å². The molecule has 2 rings (SSSR count). The normalized spacial score (nSPS) is 11.5. The number of oxime groups is 1. The number of carboxylic acid groups (broad SMARTS) is 1. The van der Waals surface area contributed by atoms with Gasteiger partial charge in [-0.2, -0.15) is 0 Å². The van der Waals surface area contributed by atoms with Gasteiger partial charge in [-0.25, -0.2) is 0 Å². The summed E-state index contributed by atoms with van der Waals surface area (Å²) in [6.45, 7) is 7.53. The van der Waals surface area contributed by atoms with Crippen LogP contribution in [0.4, 0.5) is 0 Å². The number of hydrogen-bond donors (Lipinski definition) is 1. The van der Waals surface area contributed by atoms with E-state index in [-0.39, 0.29) is 11.8 Å². The van der Waals surface area contributed by atoms with Crippen molar-refractivity contribution in [3.05, 3.63) is 65.2 Å². The fourth-order valence-electron chi connectivity index (χ4n) is 2.41. The highest BCUT2D eigenvalue weighted by molar-refractivity contribution is 5.79. The van der Waals surface area contributed by atoms with E-state index < -0.39 is 5.97 Å². The topological polar surface area (TPSA) is 68.1 Å².